The number of anilines is 1. The Hall–Kier alpha value is -5.81. The molecular formula is C33H31F3N6O7S. The first-order valence-electron chi connectivity index (χ1n) is 14.8. The zero-order chi connectivity index (χ0) is 36.4. The van der Waals surface area contributed by atoms with Crippen LogP contribution in [-0.2, 0) is 19.6 Å². The fourth-order valence-electron chi connectivity index (χ4n) is 4.64. The molecule has 2 heterocycles. The van der Waals surface area contributed by atoms with Gasteiger partial charge in [0.1, 0.15) is 5.82 Å². The Balaban J connectivity index is 0.000000727. The Morgan fingerprint density at radius 1 is 0.820 bits per heavy atom. The van der Waals surface area contributed by atoms with Crippen LogP contribution in [0, 0.1) is 0 Å². The Morgan fingerprint density at radius 3 is 2.10 bits per heavy atom. The number of aromatic nitrogens is 3. The minimum atomic E-state index is -5.08. The van der Waals surface area contributed by atoms with E-state index in [0.29, 0.717) is 29.7 Å². The summed E-state index contributed by atoms with van der Waals surface area (Å²) in [5.74, 6) is -4.38. The van der Waals surface area contributed by atoms with E-state index in [2.05, 4.69) is 30.5 Å². The van der Waals surface area contributed by atoms with Gasteiger partial charge in [-0.05, 0) is 72.9 Å². The number of carboxylic acids is 2. The average molecular weight is 713 g/mol. The van der Waals surface area contributed by atoms with Crippen molar-refractivity contribution in [3.05, 3.63) is 109 Å². The molecule has 0 aliphatic carbocycles. The highest BCUT2D eigenvalue weighted by Gasteiger charge is 2.44. The van der Waals surface area contributed by atoms with E-state index in [1.54, 1.807) is 42.6 Å². The van der Waals surface area contributed by atoms with Gasteiger partial charge >= 0.3 is 18.1 Å². The van der Waals surface area contributed by atoms with Crippen molar-refractivity contribution in [2.45, 2.75) is 36.0 Å². The predicted molar refractivity (Wildman–Crippen MR) is 176 cm³/mol. The first-order valence-corrected chi connectivity index (χ1v) is 16.3. The summed E-state index contributed by atoms with van der Waals surface area (Å²) in [6, 6.07) is 25.7. The molecule has 0 unspecified atom stereocenters. The summed E-state index contributed by atoms with van der Waals surface area (Å²) in [5.41, 5.74) is 0.224. The maximum absolute atomic E-state index is 13.6. The number of benzene rings is 3. The lowest BCUT2D eigenvalue weighted by Gasteiger charge is -2.31. The number of carbonyl (C=O) groups is 3. The number of sulfonamides is 1. The van der Waals surface area contributed by atoms with Gasteiger partial charge in [-0.2, -0.15) is 23.0 Å². The third-order valence-corrected chi connectivity index (χ3v) is 8.68. The number of pyridine rings is 1. The first kappa shape index (κ1) is 37.0. The van der Waals surface area contributed by atoms with Gasteiger partial charge in [0.25, 0.3) is 5.91 Å². The maximum atomic E-state index is 13.6. The number of carbonyl (C=O) groups excluding carboxylic acids is 1. The van der Waals surface area contributed by atoms with Crippen LogP contribution in [0.15, 0.2) is 108 Å². The third kappa shape index (κ3) is 9.86. The van der Waals surface area contributed by atoms with Crippen LogP contribution in [0.25, 0.3) is 22.0 Å². The molecule has 0 fully saturated rings. The highest BCUT2D eigenvalue weighted by atomic mass is 32.2. The molecule has 50 heavy (non-hydrogen) atoms. The van der Waals surface area contributed by atoms with Gasteiger partial charge in [-0.15, -0.1) is 0 Å². The van der Waals surface area contributed by atoms with E-state index >= 15 is 0 Å². The summed E-state index contributed by atoms with van der Waals surface area (Å²) in [6.07, 6.45) is -1.37. The van der Waals surface area contributed by atoms with Gasteiger partial charge in [-0.25, -0.2) is 23.0 Å². The SMILES string of the molecule is O=C(N[C@@](CCCCNc1ccccn1)(NS(=O)(=O)c1ccc(-c2ccccc2)cc1)C(=O)O)c1ccc2[nH]ncc2c1.O=C(O)C(F)(F)F. The number of aromatic amines is 1. The minimum Gasteiger partial charge on any atom is -0.478 e. The van der Waals surface area contributed by atoms with Crippen LogP contribution < -0.4 is 15.4 Å². The van der Waals surface area contributed by atoms with Gasteiger partial charge in [-0.3, -0.25) is 9.89 Å². The van der Waals surface area contributed by atoms with Crippen molar-refractivity contribution in [3.8, 4) is 11.1 Å². The van der Waals surface area contributed by atoms with Crippen LogP contribution in [0.1, 0.15) is 29.6 Å². The van der Waals surface area contributed by atoms with E-state index < -0.39 is 39.7 Å². The zero-order valence-electron chi connectivity index (χ0n) is 26.0. The van der Waals surface area contributed by atoms with Crippen molar-refractivity contribution in [1.29, 1.82) is 0 Å². The molecule has 0 aliphatic rings. The van der Waals surface area contributed by atoms with E-state index in [9.17, 15) is 36.3 Å². The normalized spacial score (nSPS) is 12.6. The number of nitrogens with one attached hydrogen (secondary N) is 4. The number of unbranched alkanes of at least 4 members (excludes halogenated alkanes) is 1. The van der Waals surface area contributed by atoms with Gasteiger partial charge in [0.2, 0.25) is 15.7 Å². The Labute approximate surface area is 283 Å². The second-order valence-corrected chi connectivity index (χ2v) is 12.4. The molecule has 0 bridgehead atoms. The summed E-state index contributed by atoms with van der Waals surface area (Å²) in [4.78, 5) is 39.1. The predicted octanol–water partition coefficient (Wildman–Crippen LogP) is 5.03. The van der Waals surface area contributed by atoms with E-state index in [0.717, 1.165) is 11.1 Å². The molecule has 0 saturated carbocycles. The molecular weight excluding hydrogens is 681 g/mol. The lowest BCUT2D eigenvalue weighted by Crippen LogP contribution is -2.65. The number of aliphatic carboxylic acids is 2. The molecule has 5 rings (SSSR count). The number of nitrogens with zero attached hydrogens (tertiary/aromatic N) is 2. The number of hydrogen-bond acceptors (Lipinski definition) is 8. The second kappa shape index (κ2) is 16.1. The van der Waals surface area contributed by atoms with Gasteiger partial charge in [0, 0.05) is 23.7 Å². The van der Waals surface area contributed by atoms with Crippen molar-refractivity contribution < 1.29 is 46.2 Å². The molecule has 5 aromatic rings. The van der Waals surface area contributed by atoms with Gasteiger partial charge in [0.15, 0.2) is 0 Å². The number of alkyl halides is 3. The Bertz CT molecular complexity index is 2030. The molecule has 17 heteroatoms. The van der Waals surface area contributed by atoms with Crippen LogP contribution >= 0.6 is 0 Å². The van der Waals surface area contributed by atoms with Crippen molar-refractivity contribution in [1.82, 2.24) is 25.2 Å². The molecule has 6 N–H and O–H groups in total. The second-order valence-electron chi connectivity index (χ2n) is 10.7. The van der Waals surface area contributed by atoms with Crippen molar-refractivity contribution in [3.63, 3.8) is 0 Å². The number of H-pyrrole nitrogens is 1. The Kier molecular flexibility index (Phi) is 11.9. The standard InChI is InChI=1S/C31H30N6O5S.C2HF3O2/c38-29(24-13-16-27-25(20-24)21-34-36-27)35-31(30(39)40,17-5-7-19-33-28-10-4-6-18-32-28)37-43(41,42)26-14-11-23(12-15-26)22-8-2-1-3-9-22;3-2(4,5)1(6)7/h1-4,6,8-16,18,20-21,37H,5,7,17,19H2,(H,32,33)(H,34,36)(H,35,38)(H,39,40);(H,6,7)/t31-;/m0./s1. The van der Waals surface area contributed by atoms with Crippen LogP contribution in [-0.4, -0.2) is 70.0 Å². The Morgan fingerprint density at radius 2 is 1.48 bits per heavy atom. The van der Waals surface area contributed by atoms with Gasteiger partial charge < -0.3 is 20.8 Å². The molecule has 262 valence electrons. The molecule has 1 atom stereocenters. The zero-order valence-corrected chi connectivity index (χ0v) is 26.8. The number of rotatable bonds is 13. The van der Waals surface area contributed by atoms with Crippen molar-refractivity contribution >= 4 is 44.6 Å². The molecule has 0 radical (unpaired) electrons. The van der Waals surface area contributed by atoms with Gasteiger partial charge in [0.05, 0.1) is 16.6 Å². The van der Waals surface area contributed by atoms with Crippen LogP contribution in [0.3, 0.4) is 0 Å². The quantitative estimate of drug-likeness (QED) is 0.0710. The lowest BCUT2D eigenvalue weighted by molar-refractivity contribution is -0.192. The number of carboxylic acid groups (broad SMARTS) is 2. The smallest absolute Gasteiger partial charge is 0.478 e. The van der Waals surface area contributed by atoms with Crippen molar-refractivity contribution in [2.24, 2.45) is 0 Å². The number of fused-ring (bicyclic) bond motifs is 1. The van der Waals surface area contributed by atoms with E-state index in [1.807, 2.05) is 36.4 Å². The largest absolute Gasteiger partial charge is 0.490 e. The summed E-state index contributed by atoms with van der Waals surface area (Å²) in [5, 5.41) is 30.5. The summed E-state index contributed by atoms with van der Waals surface area (Å²) < 4.78 is 61.2. The van der Waals surface area contributed by atoms with E-state index in [-0.39, 0.29) is 23.3 Å². The molecule has 0 saturated heterocycles. The van der Waals surface area contributed by atoms with Gasteiger partial charge in [-0.1, -0.05) is 48.5 Å². The fourth-order valence-corrected chi connectivity index (χ4v) is 5.95. The first-order chi connectivity index (χ1) is 23.7. The maximum Gasteiger partial charge on any atom is 0.490 e. The highest BCUT2D eigenvalue weighted by Crippen LogP contribution is 2.24. The third-order valence-electron chi connectivity index (χ3n) is 7.17. The highest BCUT2D eigenvalue weighted by molar-refractivity contribution is 7.89. The molecule has 2 aromatic heterocycles. The summed E-state index contributed by atoms with van der Waals surface area (Å²) >= 11 is 0. The average Bonchev–Trinajstić information content (AvgIpc) is 3.57. The monoisotopic (exact) mass is 712 g/mol. The summed E-state index contributed by atoms with van der Waals surface area (Å²) in [6.45, 7) is 0.464. The van der Waals surface area contributed by atoms with Crippen molar-refractivity contribution in [2.75, 3.05) is 11.9 Å². The molecule has 3 aromatic carbocycles. The fraction of sp³-hybridized carbons (Fsp3) is 0.182. The number of halogens is 3. The molecule has 0 aliphatic heterocycles. The van der Waals surface area contributed by atoms with E-state index in [1.165, 1.54) is 24.4 Å². The number of amides is 1. The minimum absolute atomic E-state index is 0.135. The van der Waals surface area contributed by atoms with Crippen LogP contribution in [0.5, 0.6) is 0 Å². The van der Waals surface area contributed by atoms with Crippen LogP contribution in [0.2, 0.25) is 0 Å². The summed E-state index contributed by atoms with van der Waals surface area (Å²) in [7, 11) is -4.39. The molecule has 1 amide bonds. The molecule has 0 spiro atoms. The van der Waals surface area contributed by atoms with Crippen LogP contribution in [0.4, 0.5) is 19.0 Å². The topological polar surface area (TPSA) is 203 Å². The molecule has 13 nitrogen and oxygen atoms in total. The van der Waals surface area contributed by atoms with E-state index in [4.69, 9.17) is 9.90 Å². The number of hydrogen-bond donors (Lipinski definition) is 6. The lowest BCUT2D eigenvalue weighted by atomic mass is 10.0.